The molecule has 0 amide bonds. The third-order valence-corrected chi connectivity index (χ3v) is 5.87. The Kier molecular flexibility index (Phi) is 4.34. The van der Waals surface area contributed by atoms with Crippen LogP contribution in [-0.4, -0.2) is 80.5 Å². The topological polar surface area (TPSA) is 51.0 Å². The summed E-state index contributed by atoms with van der Waals surface area (Å²) in [5.41, 5.74) is 6.42. The molecule has 3 fully saturated rings. The van der Waals surface area contributed by atoms with Gasteiger partial charge in [-0.2, -0.15) is 0 Å². The summed E-state index contributed by atoms with van der Waals surface area (Å²) in [6.07, 6.45) is 5.54. The third kappa shape index (κ3) is 2.20. The summed E-state index contributed by atoms with van der Waals surface area (Å²) in [4.78, 5) is 5.24. The summed E-state index contributed by atoms with van der Waals surface area (Å²) in [5.74, 6) is 0. The summed E-state index contributed by atoms with van der Waals surface area (Å²) in [7, 11) is 3.58. The van der Waals surface area contributed by atoms with E-state index in [1.54, 1.807) is 14.2 Å². The lowest BCUT2D eigenvalue weighted by Crippen LogP contribution is -2.61. The lowest BCUT2D eigenvalue weighted by atomic mass is 9.84. The number of likely N-dealkylation sites (tertiary alicyclic amines) is 1. The molecule has 3 saturated heterocycles. The van der Waals surface area contributed by atoms with E-state index in [0.29, 0.717) is 6.04 Å². The van der Waals surface area contributed by atoms with Crippen LogP contribution >= 0.6 is 0 Å². The van der Waals surface area contributed by atoms with Crippen LogP contribution in [0.2, 0.25) is 0 Å². The van der Waals surface area contributed by atoms with Gasteiger partial charge < -0.3 is 15.2 Å². The highest BCUT2D eigenvalue weighted by atomic mass is 16.5. The van der Waals surface area contributed by atoms with Gasteiger partial charge in [0.2, 0.25) is 0 Å². The highest BCUT2D eigenvalue weighted by Gasteiger charge is 2.53. The van der Waals surface area contributed by atoms with Gasteiger partial charge in [0.1, 0.15) is 0 Å². The van der Waals surface area contributed by atoms with E-state index in [4.69, 9.17) is 15.2 Å². The third-order valence-electron chi connectivity index (χ3n) is 5.87. The summed E-state index contributed by atoms with van der Waals surface area (Å²) < 4.78 is 11.2. The number of rotatable bonds is 4. The molecule has 3 aliphatic rings. The van der Waals surface area contributed by atoms with Crippen LogP contribution in [0.3, 0.4) is 0 Å². The van der Waals surface area contributed by atoms with E-state index < -0.39 is 0 Å². The fraction of sp³-hybridized carbons (Fsp3) is 1.00. The maximum Gasteiger partial charge on any atom is 0.0972 e. The van der Waals surface area contributed by atoms with Gasteiger partial charge in [-0.15, -0.1) is 0 Å². The number of nitrogens with zero attached hydrogens (tertiary/aromatic N) is 2. The number of hydrogen-bond acceptors (Lipinski definition) is 5. The van der Waals surface area contributed by atoms with Crippen LogP contribution in [-0.2, 0) is 9.47 Å². The Morgan fingerprint density at radius 2 is 1.80 bits per heavy atom. The molecule has 2 N–H and O–H groups in total. The monoisotopic (exact) mass is 283 g/mol. The molecule has 3 aliphatic heterocycles. The molecule has 4 unspecified atom stereocenters. The molecule has 5 heteroatoms. The van der Waals surface area contributed by atoms with Crippen molar-refractivity contribution in [2.24, 2.45) is 5.73 Å². The Hall–Kier alpha value is -0.200. The average Bonchev–Trinajstić information content (AvgIpc) is 3.09. The fourth-order valence-electron chi connectivity index (χ4n) is 4.67. The molecular weight excluding hydrogens is 254 g/mol. The molecule has 5 nitrogen and oxygen atoms in total. The predicted molar refractivity (Wildman–Crippen MR) is 78.8 cm³/mol. The van der Waals surface area contributed by atoms with Crippen molar-refractivity contribution in [1.29, 1.82) is 0 Å². The zero-order chi connectivity index (χ0) is 14.2. The molecule has 0 spiro atoms. The maximum absolute atomic E-state index is 6.28. The molecule has 0 aromatic carbocycles. The van der Waals surface area contributed by atoms with Crippen molar-refractivity contribution < 1.29 is 9.47 Å². The van der Waals surface area contributed by atoms with Gasteiger partial charge in [-0.05, 0) is 25.8 Å². The van der Waals surface area contributed by atoms with Crippen molar-refractivity contribution in [1.82, 2.24) is 9.80 Å². The molecular formula is C15H29N3O2. The Morgan fingerprint density at radius 3 is 2.40 bits per heavy atom. The van der Waals surface area contributed by atoms with E-state index in [1.165, 1.54) is 38.8 Å². The Bertz CT molecular complexity index is 329. The lowest BCUT2D eigenvalue weighted by molar-refractivity contribution is -0.00461. The molecule has 3 heterocycles. The highest BCUT2D eigenvalue weighted by molar-refractivity contribution is 5.11. The molecule has 116 valence electrons. The molecule has 3 rings (SSSR count). The van der Waals surface area contributed by atoms with Crippen LogP contribution in [0, 0.1) is 0 Å². The van der Waals surface area contributed by atoms with Gasteiger partial charge in [0.25, 0.3) is 0 Å². The number of methoxy groups -OCH3 is 2. The van der Waals surface area contributed by atoms with Gasteiger partial charge in [0, 0.05) is 46.4 Å². The van der Waals surface area contributed by atoms with Gasteiger partial charge in [0.15, 0.2) is 0 Å². The molecule has 0 saturated carbocycles. The number of hydrogen-bond donors (Lipinski definition) is 1. The molecule has 4 atom stereocenters. The molecule has 20 heavy (non-hydrogen) atoms. The van der Waals surface area contributed by atoms with Crippen molar-refractivity contribution >= 4 is 0 Å². The van der Waals surface area contributed by atoms with E-state index in [0.717, 1.165) is 19.6 Å². The van der Waals surface area contributed by atoms with Crippen molar-refractivity contribution in [3.8, 4) is 0 Å². The quantitative estimate of drug-likeness (QED) is 0.803. The van der Waals surface area contributed by atoms with Crippen LogP contribution in [0.1, 0.15) is 25.7 Å². The van der Waals surface area contributed by atoms with E-state index in [1.807, 2.05) is 0 Å². The van der Waals surface area contributed by atoms with E-state index in [-0.39, 0.29) is 17.7 Å². The first-order valence-corrected chi connectivity index (χ1v) is 8.00. The first-order chi connectivity index (χ1) is 9.75. The lowest BCUT2D eigenvalue weighted by Gasteiger charge is -2.46. The normalized spacial score (nSPS) is 43.0. The number of ether oxygens (including phenoxy) is 2. The van der Waals surface area contributed by atoms with E-state index in [9.17, 15) is 0 Å². The maximum atomic E-state index is 6.28. The first-order valence-electron chi connectivity index (χ1n) is 8.00. The summed E-state index contributed by atoms with van der Waals surface area (Å²) in [6, 6.07) is 0.634. The molecule has 0 aromatic rings. The standard InChI is InChI=1S/C15H29N3O2/c1-19-12-9-18(10-13(12)20-2)15(11-16)6-8-17-7-4-3-5-14(15)17/h12-14H,3-11,16H2,1-2H3. The van der Waals surface area contributed by atoms with Crippen LogP contribution in [0.15, 0.2) is 0 Å². The van der Waals surface area contributed by atoms with Gasteiger partial charge in [-0.1, -0.05) is 6.42 Å². The minimum absolute atomic E-state index is 0.143. The minimum atomic E-state index is 0.143. The Morgan fingerprint density at radius 1 is 1.10 bits per heavy atom. The summed E-state index contributed by atoms with van der Waals surface area (Å²) >= 11 is 0. The highest BCUT2D eigenvalue weighted by Crippen LogP contribution is 2.40. The largest absolute Gasteiger partial charge is 0.377 e. The minimum Gasteiger partial charge on any atom is -0.377 e. The zero-order valence-corrected chi connectivity index (χ0v) is 12.9. The van der Waals surface area contributed by atoms with Crippen molar-refractivity contribution in [2.45, 2.75) is 49.5 Å². The molecule has 0 bridgehead atoms. The van der Waals surface area contributed by atoms with Gasteiger partial charge in [-0.3, -0.25) is 9.80 Å². The Balaban J connectivity index is 1.79. The molecule has 0 aliphatic carbocycles. The van der Waals surface area contributed by atoms with Crippen LogP contribution in [0.25, 0.3) is 0 Å². The fourth-order valence-corrected chi connectivity index (χ4v) is 4.67. The average molecular weight is 283 g/mol. The van der Waals surface area contributed by atoms with E-state index in [2.05, 4.69) is 9.80 Å². The zero-order valence-electron chi connectivity index (χ0n) is 12.9. The second-order valence-corrected chi connectivity index (χ2v) is 6.56. The first kappa shape index (κ1) is 14.7. The Labute approximate surface area is 122 Å². The van der Waals surface area contributed by atoms with Crippen LogP contribution < -0.4 is 5.73 Å². The smallest absolute Gasteiger partial charge is 0.0972 e. The van der Waals surface area contributed by atoms with E-state index >= 15 is 0 Å². The van der Waals surface area contributed by atoms with Crippen molar-refractivity contribution in [3.63, 3.8) is 0 Å². The second kappa shape index (κ2) is 5.89. The molecule has 0 aromatic heterocycles. The van der Waals surface area contributed by atoms with Crippen LogP contribution in [0.5, 0.6) is 0 Å². The predicted octanol–water partition coefficient (Wildman–Crippen LogP) is 0.288. The second-order valence-electron chi connectivity index (χ2n) is 6.56. The van der Waals surface area contributed by atoms with Crippen molar-refractivity contribution in [2.75, 3.05) is 46.9 Å². The summed E-state index contributed by atoms with van der Waals surface area (Å²) in [6.45, 7) is 5.11. The number of nitrogens with two attached hydrogens (primary N) is 1. The van der Waals surface area contributed by atoms with Gasteiger partial charge >= 0.3 is 0 Å². The SMILES string of the molecule is COC1CN(C2(CN)CCN3CCCCC32)CC1OC. The van der Waals surface area contributed by atoms with Crippen LogP contribution in [0.4, 0.5) is 0 Å². The number of fused-ring (bicyclic) bond motifs is 1. The number of piperidine rings is 1. The van der Waals surface area contributed by atoms with Gasteiger partial charge in [-0.25, -0.2) is 0 Å². The molecule has 0 radical (unpaired) electrons. The van der Waals surface area contributed by atoms with Gasteiger partial charge in [0.05, 0.1) is 17.7 Å². The van der Waals surface area contributed by atoms with Crippen molar-refractivity contribution in [3.05, 3.63) is 0 Å². The summed E-state index contributed by atoms with van der Waals surface area (Å²) in [5, 5.41) is 0.